The van der Waals surface area contributed by atoms with Gasteiger partial charge in [0, 0.05) is 23.8 Å². The largest absolute Gasteiger partial charge is 0.325 e. The number of anilines is 2. The molecule has 2 amide bonds. The number of nitrogens with zero attached hydrogens (tertiary/aromatic N) is 2. The molecule has 0 radical (unpaired) electrons. The van der Waals surface area contributed by atoms with E-state index >= 15 is 0 Å². The molecule has 0 atom stereocenters. The Morgan fingerprint density at radius 2 is 1.76 bits per heavy atom. The second-order valence-corrected chi connectivity index (χ2v) is 8.41. The number of amides is 2. The molecule has 1 fully saturated rings. The van der Waals surface area contributed by atoms with Crippen LogP contribution in [0.2, 0.25) is 10.0 Å². The average Bonchev–Trinajstić information content (AvgIpc) is 3.15. The standard InChI is InChI=1S/C22H23Cl2N3O2/c23-18-6-5-17(13-19(18)24)25-21(28)14-26-10-7-16(8-11-26)22(29)27-12-9-15-3-1-2-4-20(15)27/h1-6,13,16H,7-12,14H2,(H,25,28). The number of hydrogen-bond acceptors (Lipinski definition) is 3. The fraction of sp³-hybridized carbons (Fsp3) is 0.364. The highest BCUT2D eigenvalue weighted by atomic mass is 35.5. The van der Waals surface area contributed by atoms with E-state index in [0.29, 0.717) is 22.3 Å². The molecule has 0 unspecified atom stereocenters. The van der Waals surface area contributed by atoms with Crippen molar-refractivity contribution in [2.75, 3.05) is 36.4 Å². The van der Waals surface area contributed by atoms with Gasteiger partial charge in [0.2, 0.25) is 11.8 Å². The lowest BCUT2D eigenvalue weighted by Gasteiger charge is -2.32. The van der Waals surface area contributed by atoms with Crippen LogP contribution in [0.5, 0.6) is 0 Å². The SMILES string of the molecule is O=C(CN1CCC(C(=O)N2CCc3ccccc32)CC1)Nc1ccc(Cl)c(Cl)c1. The molecule has 0 bridgehead atoms. The number of carbonyl (C=O) groups is 2. The lowest BCUT2D eigenvalue weighted by Crippen LogP contribution is -2.44. The van der Waals surface area contributed by atoms with Crippen molar-refractivity contribution in [3.8, 4) is 0 Å². The molecule has 2 aliphatic heterocycles. The number of para-hydroxylation sites is 1. The molecule has 2 aromatic carbocycles. The Morgan fingerprint density at radius 3 is 2.52 bits per heavy atom. The number of nitrogens with one attached hydrogen (secondary N) is 1. The summed E-state index contributed by atoms with van der Waals surface area (Å²) in [6, 6.07) is 13.2. The third-order valence-electron chi connectivity index (χ3n) is 5.66. The van der Waals surface area contributed by atoms with Crippen LogP contribution >= 0.6 is 23.2 Å². The van der Waals surface area contributed by atoms with Crippen molar-refractivity contribution >= 4 is 46.4 Å². The lowest BCUT2D eigenvalue weighted by atomic mass is 9.95. The molecule has 2 aromatic rings. The van der Waals surface area contributed by atoms with Gasteiger partial charge < -0.3 is 10.2 Å². The van der Waals surface area contributed by atoms with Crippen molar-refractivity contribution in [2.24, 2.45) is 5.92 Å². The topological polar surface area (TPSA) is 52.7 Å². The van der Waals surface area contributed by atoms with Gasteiger partial charge in [0.05, 0.1) is 16.6 Å². The number of piperidine rings is 1. The molecule has 0 aromatic heterocycles. The fourth-order valence-electron chi connectivity index (χ4n) is 4.10. The van der Waals surface area contributed by atoms with E-state index in [4.69, 9.17) is 23.2 Å². The van der Waals surface area contributed by atoms with Crippen LogP contribution in [-0.4, -0.2) is 42.9 Å². The Morgan fingerprint density at radius 1 is 1.00 bits per heavy atom. The molecule has 2 heterocycles. The van der Waals surface area contributed by atoms with Gasteiger partial charge >= 0.3 is 0 Å². The minimum Gasteiger partial charge on any atom is -0.325 e. The highest BCUT2D eigenvalue weighted by Gasteiger charge is 2.32. The fourth-order valence-corrected chi connectivity index (χ4v) is 4.40. The van der Waals surface area contributed by atoms with E-state index in [1.54, 1.807) is 18.2 Å². The number of likely N-dealkylation sites (tertiary alicyclic amines) is 1. The molecule has 152 valence electrons. The van der Waals surface area contributed by atoms with Gasteiger partial charge in [-0.05, 0) is 62.2 Å². The molecule has 4 rings (SSSR count). The molecule has 0 saturated carbocycles. The van der Waals surface area contributed by atoms with Crippen molar-refractivity contribution in [3.63, 3.8) is 0 Å². The lowest BCUT2D eigenvalue weighted by molar-refractivity contribution is -0.123. The first-order chi connectivity index (χ1) is 14.0. The number of hydrogen-bond donors (Lipinski definition) is 1. The number of benzene rings is 2. The first kappa shape index (κ1) is 20.2. The second kappa shape index (κ2) is 8.74. The van der Waals surface area contributed by atoms with Crippen molar-refractivity contribution in [1.82, 2.24) is 4.90 Å². The average molecular weight is 432 g/mol. The maximum Gasteiger partial charge on any atom is 0.238 e. The molecule has 0 spiro atoms. The normalized spacial score (nSPS) is 17.2. The number of rotatable bonds is 4. The Hall–Kier alpha value is -2.08. The molecule has 5 nitrogen and oxygen atoms in total. The van der Waals surface area contributed by atoms with E-state index in [-0.39, 0.29) is 17.7 Å². The van der Waals surface area contributed by atoms with E-state index in [1.807, 2.05) is 23.1 Å². The molecular formula is C22H23Cl2N3O2. The minimum atomic E-state index is -0.0957. The monoisotopic (exact) mass is 431 g/mol. The zero-order chi connectivity index (χ0) is 20.4. The van der Waals surface area contributed by atoms with Crippen LogP contribution in [-0.2, 0) is 16.0 Å². The van der Waals surface area contributed by atoms with Gasteiger partial charge in [0.1, 0.15) is 0 Å². The van der Waals surface area contributed by atoms with E-state index in [9.17, 15) is 9.59 Å². The van der Waals surface area contributed by atoms with Crippen molar-refractivity contribution < 1.29 is 9.59 Å². The smallest absolute Gasteiger partial charge is 0.238 e. The van der Waals surface area contributed by atoms with Crippen LogP contribution in [0.3, 0.4) is 0 Å². The van der Waals surface area contributed by atoms with Crippen molar-refractivity contribution in [3.05, 3.63) is 58.1 Å². The Bertz CT molecular complexity index is 926. The van der Waals surface area contributed by atoms with Crippen LogP contribution in [0.4, 0.5) is 11.4 Å². The van der Waals surface area contributed by atoms with E-state index in [2.05, 4.69) is 16.3 Å². The van der Waals surface area contributed by atoms with Gasteiger partial charge in [-0.3, -0.25) is 14.5 Å². The molecule has 29 heavy (non-hydrogen) atoms. The third kappa shape index (κ3) is 4.58. The van der Waals surface area contributed by atoms with E-state index in [1.165, 1.54) is 5.56 Å². The maximum atomic E-state index is 13.0. The summed E-state index contributed by atoms with van der Waals surface area (Å²) >= 11 is 11.9. The van der Waals surface area contributed by atoms with Crippen LogP contribution in [0.25, 0.3) is 0 Å². The Balaban J connectivity index is 1.28. The van der Waals surface area contributed by atoms with Crippen LogP contribution in [0, 0.1) is 5.92 Å². The number of halogens is 2. The predicted octanol–water partition coefficient (Wildman–Crippen LogP) is 4.23. The quantitative estimate of drug-likeness (QED) is 0.787. The number of carbonyl (C=O) groups excluding carboxylic acids is 2. The van der Waals surface area contributed by atoms with Gasteiger partial charge in [-0.1, -0.05) is 41.4 Å². The summed E-state index contributed by atoms with van der Waals surface area (Å²) in [5.74, 6) is 0.145. The first-order valence-corrected chi connectivity index (χ1v) is 10.6. The van der Waals surface area contributed by atoms with Crippen LogP contribution < -0.4 is 10.2 Å². The summed E-state index contributed by atoms with van der Waals surface area (Å²) in [5.41, 5.74) is 2.93. The van der Waals surface area contributed by atoms with Gasteiger partial charge in [-0.25, -0.2) is 0 Å². The van der Waals surface area contributed by atoms with Crippen molar-refractivity contribution in [2.45, 2.75) is 19.3 Å². The second-order valence-electron chi connectivity index (χ2n) is 7.60. The summed E-state index contributed by atoms with van der Waals surface area (Å²) < 4.78 is 0. The van der Waals surface area contributed by atoms with Gasteiger partial charge in [-0.2, -0.15) is 0 Å². The molecule has 0 aliphatic carbocycles. The van der Waals surface area contributed by atoms with E-state index in [0.717, 1.165) is 44.6 Å². The van der Waals surface area contributed by atoms with Crippen LogP contribution in [0.15, 0.2) is 42.5 Å². The summed E-state index contributed by atoms with van der Waals surface area (Å²) in [5, 5.41) is 3.71. The van der Waals surface area contributed by atoms with Crippen LogP contribution in [0.1, 0.15) is 18.4 Å². The highest BCUT2D eigenvalue weighted by Crippen LogP contribution is 2.31. The summed E-state index contributed by atoms with van der Waals surface area (Å²) in [6.45, 7) is 2.54. The van der Waals surface area contributed by atoms with E-state index < -0.39 is 0 Å². The summed E-state index contributed by atoms with van der Waals surface area (Å²) in [7, 11) is 0. The first-order valence-electron chi connectivity index (χ1n) is 9.88. The number of fused-ring (bicyclic) bond motifs is 1. The third-order valence-corrected chi connectivity index (χ3v) is 6.40. The predicted molar refractivity (Wildman–Crippen MR) is 117 cm³/mol. The molecule has 1 N–H and O–H groups in total. The Labute approximate surface area is 180 Å². The summed E-state index contributed by atoms with van der Waals surface area (Å²) in [4.78, 5) is 29.4. The van der Waals surface area contributed by atoms with Gasteiger partial charge in [0.15, 0.2) is 0 Å². The molecule has 2 aliphatic rings. The zero-order valence-electron chi connectivity index (χ0n) is 16.0. The summed E-state index contributed by atoms with van der Waals surface area (Å²) in [6.07, 6.45) is 2.48. The maximum absolute atomic E-state index is 13.0. The minimum absolute atomic E-state index is 0.0236. The van der Waals surface area contributed by atoms with Crippen molar-refractivity contribution in [1.29, 1.82) is 0 Å². The molecular weight excluding hydrogens is 409 g/mol. The highest BCUT2D eigenvalue weighted by molar-refractivity contribution is 6.42. The molecule has 1 saturated heterocycles. The molecule has 7 heteroatoms. The van der Waals surface area contributed by atoms with Gasteiger partial charge in [-0.15, -0.1) is 0 Å². The Kier molecular flexibility index (Phi) is 6.09. The van der Waals surface area contributed by atoms with Gasteiger partial charge in [0.25, 0.3) is 0 Å². The zero-order valence-corrected chi connectivity index (χ0v) is 17.5.